The second-order valence-electron chi connectivity index (χ2n) is 5.43. The number of nitrogens with zero attached hydrogens (tertiary/aromatic N) is 1. The molecule has 2 aromatic rings. The fraction of sp³-hybridized carbons (Fsp3) is 0.316. The van der Waals surface area contributed by atoms with Crippen molar-refractivity contribution in [2.75, 3.05) is 6.61 Å². The van der Waals surface area contributed by atoms with Crippen molar-refractivity contribution >= 4 is 0 Å². The van der Waals surface area contributed by atoms with E-state index < -0.39 is 0 Å². The van der Waals surface area contributed by atoms with E-state index in [1.807, 2.05) is 19.1 Å². The molecule has 0 aromatic heterocycles. The van der Waals surface area contributed by atoms with Gasteiger partial charge in [0.05, 0.1) is 18.6 Å². The number of hydrogen-bond acceptors (Lipinski definition) is 2. The van der Waals surface area contributed by atoms with Crippen LogP contribution in [-0.2, 0) is 0 Å². The largest absolute Gasteiger partial charge is 0.493 e. The fourth-order valence-electron chi connectivity index (χ4n) is 2.38. The molecule has 0 aliphatic carbocycles. The van der Waals surface area contributed by atoms with Gasteiger partial charge < -0.3 is 4.74 Å². The Hall–Kier alpha value is -2.34. The average molecular weight is 297 g/mol. The van der Waals surface area contributed by atoms with Crippen molar-refractivity contribution in [1.29, 1.82) is 5.26 Å². The minimum Gasteiger partial charge on any atom is -0.493 e. The van der Waals surface area contributed by atoms with Crippen LogP contribution < -0.4 is 4.74 Å². The summed E-state index contributed by atoms with van der Waals surface area (Å²) in [7, 11) is 0. The predicted molar refractivity (Wildman–Crippen MR) is 85.4 cm³/mol. The molecule has 0 aliphatic rings. The highest BCUT2D eigenvalue weighted by Gasteiger charge is 2.11. The Labute approximate surface area is 131 Å². The molecule has 0 saturated heterocycles. The molecule has 2 rings (SSSR count). The Morgan fingerprint density at radius 1 is 1.18 bits per heavy atom. The maximum Gasteiger partial charge on any atom is 0.123 e. The van der Waals surface area contributed by atoms with Gasteiger partial charge >= 0.3 is 0 Å². The lowest BCUT2D eigenvalue weighted by Crippen LogP contribution is -2.03. The molecule has 0 heterocycles. The zero-order valence-electron chi connectivity index (χ0n) is 13.0. The summed E-state index contributed by atoms with van der Waals surface area (Å²) in [6, 6.07) is 14.5. The highest BCUT2D eigenvalue weighted by atomic mass is 19.1. The van der Waals surface area contributed by atoms with E-state index >= 15 is 0 Å². The van der Waals surface area contributed by atoms with Crippen molar-refractivity contribution in [2.24, 2.45) is 0 Å². The van der Waals surface area contributed by atoms with Gasteiger partial charge in [0.1, 0.15) is 11.6 Å². The minimum atomic E-state index is -0.301. The lowest BCUT2D eigenvalue weighted by Gasteiger charge is -2.12. The van der Waals surface area contributed by atoms with Gasteiger partial charge in [0.25, 0.3) is 0 Å². The van der Waals surface area contributed by atoms with Crippen LogP contribution in [0.4, 0.5) is 4.39 Å². The molecule has 0 saturated carbocycles. The van der Waals surface area contributed by atoms with E-state index in [9.17, 15) is 9.65 Å². The third kappa shape index (κ3) is 4.08. The Bertz CT molecular complexity index is 675. The molecule has 1 unspecified atom stereocenters. The van der Waals surface area contributed by atoms with Crippen LogP contribution in [0.15, 0.2) is 42.5 Å². The maximum absolute atomic E-state index is 13.2. The van der Waals surface area contributed by atoms with Gasteiger partial charge in [-0.1, -0.05) is 24.3 Å². The van der Waals surface area contributed by atoms with E-state index in [4.69, 9.17) is 4.74 Å². The maximum atomic E-state index is 13.2. The zero-order valence-corrected chi connectivity index (χ0v) is 13.0. The first-order chi connectivity index (χ1) is 10.6. The molecule has 0 radical (unpaired) electrons. The highest BCUT2D eigenvalue weighted by molar-refractivity contribution is 5.38. The van der Waals surface area contributed by atoms with Crippen LogP contribution in [0, 0.1) is 31.0 Å². The van der Waals surface area contributed by atoms with Crippen LogP contribution in [-0.4, -0.2) is 6.61 Å². The lowest BCUT2D eigenvalue weighted by atomic mass is 9.96. The normalized spacial score (nSPS) is 11.7. The van der Waals surface area contributed by atoms with Gasteiger partial charge in [0.15, 0.2) is 0 Å². The van der Waals surface area contributed by atoms with Gasteiger partial charge in [-0.3, -0.25) is 0 Å². The van der Waals surface area contributed by atoms with E-state index in [0.717, 1.165) is 23.3 Å². The molecule has 1 atom stereocenters. The molecule has 0 amide bonds. The van der Waals surface area contributed by atoms with E-state index in [-0.39, 0.29) is 11.7 Å². The molecule has 0 spiro atoms. The third-order valence-electron chi connectivity index (χ3n) is 3.86. The molecule has 22 heavy (non-hydrogen) atoms. The first kappa shape index (κ1) is 16.0. The predicted octanol–water partition coefficient (Wildman–Crippen LogP) is 4.91. The molecule has 0 fully saturated rings. The van der Waals surface area contributed by atoms with E-state index in [2.05, 4.69) is 19.1 Å². The van der Waals surface area contributed by atoms with E-state index in [1.54, 1.807) is 12.1 Å². The van der Waals surface area contributed by atoms with Crippen molar-refractivity contribution in [3.05, 3.63) is 65.0 Å². The van der Waals surface area contributed by atoms with Gasteiger partial charge in [-0.15, -0.1) is 0 Å². The summed E-state index contributed by atoms with van der Waals surface area (Å²) >= 11 is 0. The van der Waals surface area contributed by atoms with Crippen molar-refractivity contribution in [2.45, 2.75) is 32.6 Å². The summed E-state index contributed by atoms with van der Waals surface area (Å²) in [6.45, 7) is 4.64. The molecule has 0 aliphatic heterocycles. The number of halogens is 1. The Kier molecular flexibility index (Phi) is 5.55. The molecular weight excluding hydrogens is 277 g/mol. The van der Waals surface area contributed by atoms with Crippen LogP contribution in [0.25, 0.3) is 0 Å². The van der Waals surface area contributed by atoms with Gasteiger partial charge in [-0.05, 0) is 61.6 Å². The van der Waals surface area contributed by atoms with Crippen molar-refractivity contribution < 1.29 is 9.13 Å². The molecule has 2 nitrogen and oxygen atoms in total. The quantitative estimate of drug-likeness (QED) is 0.710. The fourth-order valence-corrected chi connectivity index (χ4v) is 2.38. The van der Waals surface area contributed by atoms with Gasteiger partial charge in [-0.2, -0.15) is 5.26 Å². The number of rotatable bonds is 6. The molecule has 3 heteroatoms. The minimum absolute atomic E-state index is 0.294. The number of ether oxygens (including phenoxy) is 1. The average Bonchev–Trinajstić information content (AvgIpc) is 2.51. The van der Waals surface area contributed by atoms with Crippen LogP contribution in [0.1, 0.15) is 35.4 Å². The van der Waals surface area contributed by atoms with Crippen LogP contribution in [0.3, 0.4) is 0 Å². The summed E-state index contributed by atoms with van der Waals surface area (Å²) in [5.41, 5.74) is 3.07. The van der Waals surface area contributed by atoms with Crippen molar-refractivity contribution in [3.8, 4) is 11.8 Å². The lowest BCUT2D eigenvalue weighted by molar-refractivity contribution is 0.303. The number of hydrogen-bond donors (Lipinski definition) is 0. The second-order valence-corrected chi connectivity index (χ2v) is 5.43. The molecule has 2 aromatic carbocycles. The Balaban J connectivity index is 1.87. The number of benzene rings is 2. The Morgan fingerprint density at radius 2 is 1.95 bits per heavy atom. The smallest absolute Gasteiger partial charge is 0.123 e. The first-order valence-corrected chi connectivity index (χ1v) is 7.46. The van der Waals surface area contributed by atoms with Gasteiger partial charge in [0, 0.05) is 0 Å². The summed E-state index contributed by atoms with van der Waals surface area (Å²) in [5, 5.41) is 9.25. The van der Waals surface area contributed by atoms with Gasteiger partial charge in [0.2, 0.25) is 0 Å². The summed E-state index contributed by atoms with van der Waals surface area (Å²) in [6.07, 6.45) is 1.41. The SMILES string of the molecule is Cc1cccc(OCCCC(C#N)c2cccc(F)c2)c1C. The van der Waals surface area contributed by atoms with E-state index in [0.29, 0.717) is 13.0 Å². The summed E-state index contributed by atoms with van der Waals surface area (Å²) in [5.74, 6) is 0.293. The molecular formula is C19H20FNO. The van der Waals surface area contributed by atoms with Crippen molar-refractivity contribution in [3.63, 3.8) is 0 Å². The number of nitriles is 1. The van der Waals surface area contributed by atoms with Crippen LogP contribution in [0.2, 0.25) is 0 Å². The van der Waals surface area contributed by atoms with Crippen LogP contribution in [0.5, 0.6) is 5.75 Å². The van der Waals surface area contributed by atoms with Crippen molar-refractivity contribution in [1.82, 2.24) is 0 Å². The van der Waals surface area contributed by atoms with E-state index in [1.165, 1.54) is 17.7 Å². The summed E-state index contributed by atoms with van der Waals surface area (Å²) < 4.78 is 19.0. The van der Waals surface area contributed by atoms with Gasteiger partial charge in [-0.25, -0.2) is 4.39 Å². The third-order valence-corrected chi connectivity index (χ3v) is 3.86. The van der Waals surface area contributed by atoms with Crippen LogP contribution >= 0.6 is 0 Å². The standard InChI is InChI=1S/C19H20FNO/c1-14-6-3-10-19(15(14)2)22-11-5-8-17(13-21)16-7-4-9-18(20)12-16/h3-4,6-7,9-10,12,17H,5,8,11H2,1-2H3. The first-order valence-electron chi connectivity index (χ1n) is 7.46. The molecule has 114 valence electrons. The Morgan fingerprint density at radius 3 is 2.68 bits per heavy atom. The number of aryl methyl sites for hydroxylation is 1. The zero-order chi connectivity index (χ0) is 15.9. The monoisotopic (exact) mass is 297 g/mol. The molecule has 0 N–H and O–H groups in total. The highest BCUT2D eigenvalue weighted by Crippen LogP contribution is 2.23. The second kappa shape index (κ2) is 7.61. The summed E-state index contributed by atoms with van der Waals surface area (Å²) in [4.78, 5) is 0. The topological polar surface area (TPSA) is 33.0 Å². The molecule has 0 bridgehead atoms.